The summed E-state index contributed by atoms with van der Waals surface area (Å²) in [5.41, 5.74) is 2.67. The van der Waals surface area contributed by atoms with Gasteiger partial charge in [0.25, 0.3) is 0 Å². The largest absolute Gasteiger partial charge is 0.256 e. The zero-order chi connectivity index (χ0) is 11.0. The van der Waals surface area contributed by atoms with E-state index in [1.54, 1.807) is 0 Å². The summed E-state index contributed by atoms with van der Waals surface area (Å²) < 4.78 is 1.15. The van der Waals surface area contributed by atoms with Crippen LogP contribution in [0.1, 0.15) is 20.3 Å². The highest BCUT2D eigenvalue weighted by Gasteiger charge is 2.03. The standard InChI is InChI=1S/C12H12INS/c1-7-3-8(2)9-4-12(15)10(13)5-11(9)14-6-7/h4-6,15H,3H2,1-2H3. The third kappa shape index (κ3) is 2.28. The molecule has 0 N–H and O–H groups in total. The molecule has 1 nitrogen and oxygen atoms in total. The van der Waals surface area contributed by atoms with E-state index in [1.165, 1.54) is 16.4 Å². The fourth-order valence-electron chi connectivity index (χ4n) is 1.74. The lowest BCUT2D eigenvalue weighted by Gasteiger charge is -2.00. The van der Waals surface area contributed by atoms with Crippen LogP contribution in [0.15, 0.2) is 33.8 Å². The summed E-state index contributed by atoms with van der Waals surface area (Å²) in [6.07, 6.45) is 2.97. The normalized spacial score (nSPS) is 15.2. The highest BCUT2D eigenvalue weighted by Crippen LogP contribution is 2.14. The molecule has 2 rings (SSSR count). The van der Waals surface area contributed by atoms with Crippen molar-refractivity contribution in [3.63, 3.8) is 0 Å². The van der Waals surface area contributed by atoms with E-state index in [1.807, 2.05) is 6.20 Å². The van der Waals surface area contributed by atoms with E-state index >= 15 is 0 Å². The van der Waals surface area contributed by atoms with Gasteiger partial charge in [0.05, 0.1) is 5.36 Å². The van der Waals surface area contributed by atoms with Crippen molar-refractivity contribution in [1.82, 2.24) is 0 Å². The average molecular weight is 329 g/mol. The topological polar surface area (TPSA) is 12.4 Å². The first-order valence-corrected chi connectivity index (χ1v) is 6.32. The maximum absolute atomic E-state index is 4.50. The number of allylic oxidation sites excluding steroid dienone is 1. The van der Waals surface area contributed by atoms with Gasteiger partial charge >= 0.3 is 0 Å². The Morgan fingerprint density at radius 2 is 2.07 bits per heavy atom. The average Bonchev–Trinajstić information content (AvgIpc) is 2.30. The van der Waals surface area contributed by atoms with Crippen molar-refractivity contribution in [2.45, 2.75) is 25.2 Å². The first-order chi connectivity index (χ1) is 7.08. The number of rotatable bonds is 0. The van der Waals surface area contributed by atoms with E-state index in [0.29, 0.717) is 0 Å². The minimum Gasteiger partial charge on any atom is -0.256 e. The van der Waals surface area contributed by atoms with Gasteiger partial charge in [0, 0.05) is 19.9 Å². The van der Waals surface area contributed by atoms with E-state index in [4.69, 9.17) is 0 Å². The lowest BCUT2D eigenvalue weighted by molar-refractivity contribution is 1.19. The monoisotopic (exact) mass is 329 g/mol. The summed E-state index contributed by atoms with van der Waals surface area (Å²) in [7, 11) is 0. The number of benzene rings is 1. The highest BCUT2D eigenvalue weighted by molar-refractivity contribution is 14.1. The van der Waals surface area contributed by atoms with E-state index in [0.717, 1.165) is 20.2 Å². The zero-order valence-corrected chi connectivity index (χ0v) is 11.8. The van der Waals surface area contributed by atoms with Gasteiger partial charge in [-0.05, 0) is 55.0 Å². The molecule has 3 heteroatoms. The van der Waals surface area contributed by atoms with Crippen LogP contribution in [0.25, 0.3) is 5.57 Å². The van der Waals surface area contributed by atoms with Gasteiger partial charge in [0.1, 0.15) is 0 Å². The van der Waals surface area contributed by atoms with Crippen molar-refractivity contribution in [2.24, 2.45) is 4.99 Å². The van der Waals surface area contributed by atoms with Gasteiger partial charge in [-0.1, -0.05) is 11.1 Å². The molecule has 1 aromatic rings. The third-order valence-electron chi connectivity index (χ3n) is 2.49. The Balaban J connectivity index is 2.85. The van der Waals surface area contributed by atoms with Gasteiger partial charge in [0.15, 0.2) is 0 Å². The van der Waals surface area contributed by atoms with Crippen LogP contribution in [0.5, 0.6) is 0 Å². The predicted molar refractivity (Wildman–Crippen MR) is 74.6 cm³/mol. The molecule has 78 valence electrons. The van der Waals surface area contributed by atoms with E-state index in [2.05, 4.69) is 66.2 Å². The molecule has 0 saturated heterocycles. The lowest BCUT2D eigenvalue weighted by atomic mass is 10.1. The van der Waals surface area contributed by atoms with Crippen molar-refractivity contribution in [2.75, 3.05) is 0 Å². The molecule has 0 saturated carbocycles. The Morgan fingerprint density at radius 1 is 1.33 bits per heavy atom. The SMILES string of the molecule is CC1=CN=c2cc(I)c(S)cc2=C(C)C1. The summed E-state index contributed by atoms with van der Waals surface area (Å²) in [6, 6.07) is 4.21. The Labute approximate surface area is 109 Å². The molecule has 0 fully saturated rings. The van der Waals surface area contributed by atoms with E-state index in [-0.39, 0.29) is 0 Å². The fraction of sp³-hybridized carbons (Fsp3) is 0.250. The number of fused-ring (bicyclic) bond motifs is 1. The van der Waals surface area contributed by atoms with Gasteiger partial charge in [-0.2, -0.15) is 0 Å². The second-order valence-electron chi connectivity index (χ2n) is 3.88. The minimum absolute atomic E-state index is 1.00. The number of hydrogen-bond acceptors (Lipinski definition) is 2. The predicted octanol–water partition coefficient (Wildman–Crippen LogP) is 2.68. The summed E-state index contributed by atoms with van der Waals surface area (Å²) in [4.78, 5) is 5.53. The maximum Gasteiger partial charge on any atom is 0.0712 e. The molecule has 15 heavy (non-hydrogen) atoms. The molecule has 0 bridgehead atoms. The van der Waals surface area contributed by atoms with Crippen LogP contribution in [0.2, 0.25) is 0 Å². The molecule has 1 aromatic carbocycles. The van der Waals surface area contributed by atoms with Crippen LogP contribution < -0.4 is 10.6 Å². The molecular formula is C12H12INS. The molecular weight excluding hydrogens is 317 g/mol. The lowest BCUT2D eigenvalue weighted by Crippen LogP contribution is -2.26. The molecule has 0 aliphatic carbocycles. The van der Waals surface area contributed by atoms with Gasteiger partial charge < -0.3 is 0 Å². The van der Waals surface area contributed by atoms with Gasteiger partial charge in [0.2, 0.25) is 0 Å². The summed E-state index contributed by atoms with van der Waals surface area (Å²) >= 11 is 6.74. The van der Waals surface area contributed by atoms with Crippen LogP contribution in [-0.2, 0) is 0 Å². The second kappa shape index (κ2) is 4.29. The molecule has 0 atom stereocenters. The number of halogens is 1. The molecule has 0 amide bonds. The zero-order valence-electron chi connectivity index (χ0n) is 8.71. The van der Waals surface area contributed by atoms with Crippen LogP contribution in [0.3, 0.4) is 0 Å². The molecule has 0 aromatic heterocycles. The Bertz CT molecular complexity index is 558. The Morgan fingerprint density at radius 3 is 2.80 bits per heavy atom. The Hall–Kier alpha value is -0.290. The van der Waals surface area contributed by atoms with Crippen LogP contribution in [0, 0.1) is 3.57 Å². The molecule has 1 aliphatic rings. The smallest absolute Gasteiger partial charge is 0.0712 e. The van der Waals surface area contributed by atoms with Crippen LogP contribution >= 0.6 is 35.2 Å². The number of hydrogen-bond donors (Lipinski definition) is 1. The van der Waals surface area contributed by atoms with Gasteiger partial charge in [-0.3, -0.25) is 4.99 Å². The van der Waals surface area contributed by atoms with Crippen molar-refractivity contribution in [1.29, 1.82) is 0 Å². The molecule has 0 unspecified atom stereocenters. The minimum atomic E-state index is 1.00. The summed E-state index contributed by atoms with van der Waals surface area (Å²) in [5.74, 6) is 0. The van der Waals surface area contributed by atoms with Crippen molar-refractivity contribution in [3.05, 3.63) is 38.1 Å². The first kappa shape index (κ1) is 11.2. The highest BCUT2D eigenvalue weighted by atomic mass is 127. The van der Waals surface area contributed by atoms with Crippen molar-refractivity contribution < 1.29 is 0 Å². The van der Waals surface area contributed by atoms with Gasteiger partial charge in [-0.25, -0.2) is 0 Å². The Kier molecular flexibility index (Phi) is 3.21. The summed E-state index contributed by atoms with van der Waals surface area (Å²) in [6.45, 7) is 4.28. The van der Waals surface area contributed by atoms with Crippen molar-refractivity contribution >= 4 is 40.8 Å². The molecule has 1 aliphatic heterocycles. The van der Waals surface area contributed by atoms with Crippen LogP contribution in [0.4, 0.5) is 0 Å². The quantitative estimate of drug-likeness (QED) is 0.555. The van der Waals surface area contributed by atoms with E-state index < -0.39 is 0 Å². The molecule has 0 radical (unpaired) electrons. The maximum atomic E-state index is 4.50. The number of thiol groups is 1. The first-order valence-electron chi connectivity index (χ1n) is 4.79. The third-order valence-corrected chi connectivity index (χ3v) is 4.18. The fourth-order valence-corrected chi connectivity index (χ4v) is 2.38. The van der Waals surface area contributed by atoms with Gasteiger partial charge in [-0.15, -0.1) is 12.6 Å². The molecule has 0 spiro atoms. The van der Waals surface area contributed by atoms with Crippen molar-refractivity contribution in [3.8, 4) is 0 Å². The van der Waals surface area contributed by atoms with Crippen LogP contribution in [-0.4, -0.2) is 0 Å². The van der Waals surface area contributed by atoms with E-state index in [9.17, 15) is 0 Å². The second-order valence-corrected chi connectivity index (χ2v) is 5.53. The number of nitrogens with zero attached hydrogens (tertiary/aromatic N) is 1. The summed E-state index contributed by atoms with van der Waals surface area (Å²) in [5, 5.41) is 2.29. The molecule has 1 heterocycles.